The lowest BCUT2D eigenvalue weighted by Crippen LogP contribution is -2.51. The molecule has 0 aromatic heterocycles. The van der Waals surface area contributed by atoms with Gasteiger partial charge in [0, 0.05) is 44.2 Å². The van der Waals surface area contributed by atoms with E-state index < -0.39 is 0 Å². The van der Waals surface area contributed by atoms with E-state index in [0.29, 0.717) is 18.0 Å². The molecule has 2 aliphatic rings. The van der Waals surface area contributed by atoms with Crippen LogP contribution in [0.25, 0.3) is 0 Å². The van der Waals surface area contributed by atoms with E-state index in [1.807, 2.05) is 11.9 Å². The molecule has 2 fully saturated rings. The van der Waals surface area contributed by atoms with Crippen LogP contribution in [0.1, 0.15) is 51.0 Å². The lowest BCUT2D eigenvalue weighted by Gasteiger charge is -2.42. The predicted molar refractivity (Wildman–Crippen MR) is 102 cm³/mol. The molecule has 4 atom stereocenters. The number of hydrogen-bond donors (Lipinski definition) is 1. The van der Waals surface area contributed by atoms with Gasteiger partial charge >= 0.3 is 0 Å². The molecule has 2 N–H and O–H groups in total. The van der Waals surface area contributed by atoms with Gasteiger partial charge in [-0.15, -0.1) is 0 Å². The second-order valence-corrected chi connectivity index (χ2v) is 8.06. The SMILES string of the molecule is CC1CC(N(C)C(=O)C2CCCC(N)C2)CCN1Cc1ccccc1. The van der Waals surface area contributed by atoms with Crippen LogP contribution in [0.15, 0.2) is 30.3 Å². The minimum Gasteiger partial charge on any atom is -0.342 e. The number of carbonyl (C=O) groups excluding carboxylic acids is 1. The minimum atomic E-state index is 0.145. The summed E-state index contributed by atoms with van der Waals surface area (Å²) < 4.78 is 0. The van der Waals surface area contributed by atoms with E-state index in [0.717, 1.165) is 51.6 Å². The third-order valence-corrected chi connectivity index (χ3v) is 6.17. The summed E-state index contributed by atoms with van der Waals surface area (Å²) >= 11 is 0. The van der Waals surface area contributed by atoms with Gasteiger partial charge in [0.1, 0.15) is 0 Å². The molecular weight excluding hydrogens is 310 g/mol. The van der Waals surface area contributed by atoms with Crippen molar-refractivity contribution in [1.29, 1.82) is 0 Å². The second kappa shape index (κ2) is 8.33. The van der Waals surface area contributed by atoms with Crippen LogP contribution in [0.4, 0.5) is 0 Å². The summed E-state index contributed by atoms with van der Waals surface area (Å²) in [5.74, 6) is 0.468. The monoisotopic (exact) mass is 343 g/mol. The maximum atomic E-state index is 12.9. The Kier molecular flexibility index (Phi) is 6.13. The Morgan fingerprint density at radius 3 is 2.64 bits per heavy atom. The standard InChI is InChI=1S/C21H33N3O/c1-16-13-20(11-12-24(16)15-17-7-4-3-5-8-17)23(2)21(25)18-9-6-10-19(22)14-18/h3-5,7-8,16,18-20H,6,9-15,22H2,1-2H3. The van der Waals surface area contributed by atoms with Crippen molar-refractivity contribution < 1.29 is 4.79 Å². The molecule has 25 heavy (non-hydrogen) atoms. The van der Waals surface area contributed by atoms with Gasteiger partial charge in [-0.2, -0.15) is 0 Å². The summed E-state index contributed by atoms with van der Waals surface area (Å²) in [6.45, 7) is 4.36. The Bertz CT molecular complexity index is 562. The Morgan fingerprint density at radius 1 is 1.20 bits per heavy atom. The zero-order valence-corrected chi connectivity index (χ0v) is 15.7. The van der Waals surface area contributed by atoms with E-state index in [-0.39, 0.29) is 12.0 Å². The zero-order chi connectivity index (χ0) is 17.8. The topological polar surface area (TPSA) is 49.6 Å². The van der Waals surface area contributed by atoms with Crippen LogP contribution in [-0.4, -0.2) is 47.4 Å². The lowest BCUT2D eigenvalue weighted by atomic mass is 9.84. The molecule has 0 radical (unpaired) electrons. The first-order valence-electron chi connectivity index (χ1n) is 9.85. The minimum absolute atomic E-state index is 0.145. The maximum absolute atomic E-state index is 12.9. The normalized spacial score (nSPS) is 30.8. The fraction of sp³-hybridized carbons (Fsp3) is 0.667. The number of amides is 1. The molecular formula is C21H33N3O. The molecule has 1 amide bonds. The summed E-state index contributed by atoms with van der Waals surface area (Å²) in [4.78, 5) is 17.5. The first-order valence-corrected chi connectivity index (χ1v) is 9.85. The number of likely N-dealkylation sites (tertiary alicyclic amines) is 1. The molecule has 1 aromatic rings. The van der Waals surface area contributed by atoms with Gasteiger partial charge in [0.2, 0.25) is 5.91 Å². The van der Waals surface area contributed by atoms with Gasteiger partial charge in [-0.1, -0.05) is 36.8 Å². The van der Waals surface area contributed by atoms with E-state index in [4.69, 9.17) is 5.73 Å². The smallest absolute Gasteiger partial charge is 0.225 e. The van der Waals surface area contributed by atoms with Gasteiger partial charge in [0.05, 0.1) is 0 Å². The number of hydrogen-bond acceptors (Lipinski definition) is 3. The van der Waals surface area contributed by atoms with Crippen LogP contribution in [-0.2, 0) is 11.3 Å². The Labute approximate surface area is 152 Å². The summed E-state index contributed by atoms with van der Waals surface area (Å²) in [6.07, 6.45) is 6.18. The number of benzene rings is 1. The number of nitrogens with two attached hydrogens (primary N) is 1. The van der Waals surface area contributed by atoms with Crippen molar-refractivity contribution in [3.05, 3.63) is 35.9 Å². The van der Waals surface area contributed by atoms with Crippen LogP contribution in [0.3, 0.4) is 0 Å². The van der Waals surface area contributed by atoms with Crippen molar-refractivity contribution in [2.24, 2.45) is 11.7 Å². The summed E-state index contributed by atoms with van der Waals surface area (Å²) in [7, 11) is 2.01. The van der Waals surface area contributed by atoms with E-state index in [2.05, 4.69) is 42.2 Å². The number of piperidine rings is 1. The highest BCUT2D eigenvalue weighted by molar-refractivity contribution is 5.79. The van der Waals surface area contributed by atoms with E-state index >= 15 is 0 Å². The average Bonchev–Trinajstić information content (AvgIpc) is 2.63. The molecule has 1 aliphatic carbocycles. The highest BCUT2D eigenvalue weighted by Gasteiger charge is 2.34. The van der Waals surface area contributed by atoms with Crippen molar-refractivity contribution in [3.8, 4) is 0 Å². The fourth-order valence-electron chi connectivity index (χ4n) is 4.52. The second-order valence-electron chi connectivity index (χ2n) is 8.06. The molecule has 1 aliphatic heterocycles. The van der Waals surface area contributed by atoms with Crippen molar-refractivity contribution in [2.45, 2.75) is 70.1 Å². The zero-order valence-electron chi connectivity index (χ0n) is 15.7. The quantitative estimate of drug-likeness (QED) is 0.914. The maximum Gasteiger partial charge on any atom is 0.225 e. The number of nitrogens with zero attached hydrogens (tertiary/aromatic N) is 2. The van der Waals surface area contributed by atoms with Crippen LogP contribution in [0.2, 0.25) is 0 Å². The number of rotatable bonds is 4. The molecule has 0 bridgehead atoms. The average molecular weight is 344 g/mol. The first kappa shape index (κ1) is 18.4. The first-order chi connectivity index (χ1) is 12.0. The molecule has 1 saturated carbocycles. The van der Waals surface area contributed by atoms with Crippen LogP contribution in [0, 0.1) is 5.92 Å². The van der Waals surface area contributed by atoms with Gasteiger partial charge in [-0.05, 0) is 44.6 Å². The third kappa shape index (κ3) is 4.62. The Morgan fingerprint density at radius 2 is 1.96 bits per heavy atom. The molecule has 1 saturated heterocycles. The molecule has 4 nitrogen and oxygen atoms in total. The Hall–Kier alpha value is -1.39. The molecule has 1 aromatic carbocycles. The molecule has 138 valence electrons. The van der Waals surface area contributed by atoms with Crippen molar-refractivity contribution in [2.75, 3.05) is 13.6 Å². The summed E-state index contributed by atoms with van der Waals surface area (Å²) in [6, 6.07) is 11.7. The van der Waals surface area contributed by atoms with Crippen LogP contribution < -0.4 is 5.73 Å². The van der Waals surface area contributed by atoms with Gasteiger partial charge in [0.25, 0.3) is 0 Å². The fourth-order valence-corrected chi connectivity index (χ4v) is 4.52. The van der Waals surface area contributed by atoms with Gasteiger partial charge in [-0.25, -0.2) is 0 Å². The molecule has 3 rings (SSSR count). The molecule has 4 heteroatoms. The largest absolute Gasteiger partial charge is 0.342 e. The van der Waals surface area contributed by atoms with E-state index in [9.17, 15) is 4.79 Å². The van der Waals surface area contributed by atoms with Crippen molar-refractivity contribution in [3.63, 3.8) is 0 Å². The van der Waals surface area contributed by atoms with Crippen LogP contribution in [0.5, 0.6) is 0 Å². The van der Waals surface area contributed by atoms with Gasteiger partial charge < -0.3 is 10.6 Å². The highest BCUT2D eigenvalue weighted by Crippen LogP contribution is 2.28. The summed E-state index contributed by atoms with van der Waals surface area (Å²) in [5.41, 5.74) is 7.45. The molecule has 4 unspecified atom stereocenters. The van der Waals surface area contributed by atoms with Crippen LogP contribution >= 0.6 is 0 Å². The van der Waals surface area contributed by atoms with Crippen molar-refractivity contribution >= 4 is 5.91 Å². The highest BCUT2D eigenvalue weighted by atomic mass is 16.2. The lowest BCUT2D eigenvalue weighted by molar-refractivity contribution is -0.138. The van der Waals surface area contributed by atoms with E-state index in [1.54, 1.807) is 0 Å². The summed E-state index contributed by atoms with van der Waals surface area (Å²) in [5, 5.41) is 0. The Balaban J connectivity index is 1.54. The van der Waals surface area contributed by atoms with Crippen molar-refractivity contribution in [1.82, 2.24) is 9.80 Å². The third-order valence-electron chi connectivity index (χ3n) is 6.17. The van der Waals surface area contributed by atoms with E-state index in [1.165, 1.54) is 5.56 Å². The predicted octanol–water partition coefficient (Wildman–Crippen LogP) is 3.02. The number of carbonyl (C=O) groups is 1. The molecule has 1 heterocycles. The molecule has 0 spiro atoms. The van der Waals surface area contributed by atoms with Gasteiger partial charge in [0.15, 0.2) is 0 Å². The van der Waals surface area contributed by atoms with Gasteiger partial charge in [-0.3, -0.25) is 9.69 Å².